The smallest absolute Gasteiger partial charge is 0.550 e. The summed E-state index contributed by atoms with van der Waals surface area (Å²) in [5.74, 6) is -1.05. The van der Waals surface area contributed by atoms with E-state index >= 15 is 0 Å². The van der Waals surface area contributed by atoms with E-state index in [1.165, 1.54) is 0 Å². The largest absolute Gasteiger partial charge is 1.00 e. The standard InChI is InChI=1S/C16H28O4.Na/c1-2-3-4-7-14(17)9-8-13-6-5-10-16(20,11-13)12-15(18)19;/h8-9,13-14,17,20H,2-7,10-12H2,1H3,(H,18,19);/q;+1/p-1/b9-8+;/t13-,14+,16+;/m0./s1. The summed E-state index contributed by atoms with van der Waals surface area (Å²) in [5.41, 5.74) is -1.14. The molecule has 4 nitrogen and oxygen atoms in total. The van der Waals surface area contributed by atoms with Gasteiger partial charge in [0.05, 0.1) is 11.7 Å². The number of aliphatic hydroxyl groups excluding tert-OH is 1. The van der Waals surface area contributed by atoms with Crippen LogP contribution in [0.25, 0.3) is 0 Å². The van der Waals surface area contributed by atoms with Crippen molar-refractivity contribution >= 4 is 5.97 Å². The van der Waals surface area contributed by atoms with Gasteiger partial charge in [0, 0.05) is 12.4 Å². The number of allylic oxidation sites excluding steroid dienone is 1. The third-order valence-corrected chi connectivity index (χ3v) is 4.04. The molecule has 0 aliphatic heterocycles. The monoisotopic (exact) mass is 306 g/mol. The van der Waals surface area contributed by atoms with Crippen molar-refractivity contribution in [1.29, 1.82) is 0 Å². The van der Waals surface area contributed by atoms with Crippen LogP contribution in [-0.4, -0.2) is 27.9 Å². The molecule has 0 aromatic heterocycles. The van der Waals surface area contributed by atoms with E-state index in [-0.39, 0.29) is 41.9 Å². The Bertz CT molecular complexity index is 332. The molecule has 0 aromatic carbocycles. The molecule has 0 radical (unpaired) electrons. The number of carboxylic acids is 1. The summed E-state index contributed by atoms with van der Waals surface area (Å²) in [4.78, 5) is 10.7. The Morgan fingerprint density at radius 2 is 2.19 bits per heavy atom. The van der Waals surface area contributed by atoms with E-state index in [1.807, 2.05) is 6.08 Å². The topological polar surface area (TPSA) is 80.6 Å². The van der Waals surface area contributed by atoms with Crippen molar-refractivity contribution in [2.24, 2.45) is 5.92 Å². The molecule has 1 rings (SSSR count). The van der Waals surface area contributed by atoms with Gasteiger partial charge in [-0.2, -0.15) is 0 Å². The Balaban J connectivity index is 0.00000400. The number of rotatable bonds is 8. The molecule has 21 heavy (non-hydrogen) atoms. The van der Waals surface area contributed by atoms with Crippen molar-refractivity contribution in [2.75, 3.05) is 0 Å². The number of hydrogen-bond donors (Lipinski definition) is 2. The Morgan fingerprint density at radius 1 is 1.48 bits per heavy atom. The van der Waals surface area contributed by atoms with Gasteiger partial charge in [-0.1, -0.05) is 38.3 Å². The number of aliphatic hydroxyl groups is 2. The average molecular weight is 306 g/mol. The minimum atomic E-state index is -1.20. The van der Waals surface area contributed by atoms with Gasteiger partial charge in [-0.3, -0.25) is 0 Å². The fourth-order valence-electron chi connectivity index (χ4n) is 2.96. The van der Waals surface area contributed by atoms with Crippen molar-refractivity contribution in [3.8, 4) is 0 Å². The van der Waals surface area contributed by atoms with Gasteiger partial charge in [-0.25, -0.2) is 0 Å². The number of unbranched alkanes of at least 4 members (excludes halogenated alkanes) is 2. The fourth-order valence-corrected chi connectivity index (χ4v) is 2.96. The van der Waals surface area contributed by atoms with Gasteiger partial charge >= 0.3 is 29.6 Å². The molecular weight excluding hydrogens is 279 g/mol. The van der Waals surface area contributed by atoms with Gasteiger partial charge in [-0.15, -0.1) is 0 Å². The van der Waals surface area contributed by atoms with Crippen LogP contribution in [-0.2, 0) is 4.79 Å². The average Bonchev–Trinajstić information content (AvgIpc) is 2.35. The van der Waals surface area contributed by atoms with Crippen LogP contribution in [0.4, 0.5) is 0 Å². The van der Waals surface area contributed by atoms with E-state index in [0.29, 0.717) is 12.8 Å². The minimum absolute atomic E-state index is 0. The fraction of sp³-hybridized carbons (Fsp3) is 0.812. The minimum Gasteiger partial charge on any atom is -0.550 e. The third-order valence-electron chi connectivity index (χ3n) is 4.04. The molecule has 2 N–H and O–H groups in total. The maximum Gasteiger partial charge on any atom is 1.00 e. The van der Waals surface area contributed by atoms with Crippen LogP contribution in [0.2, 0.25) is 0 Å². The van der Waals surface area contributed by atoms with Gasteiger partial charge < -0.3 is 20.1 Å². The Kier molecular flexibility index (Phi) is 10.9. The summed E-state index contributed by atoms with van der Waals surface area (Å²) in [6.45, 7) is 2.13. The molecular formula is C16H27NaO4. The Morgan fingerprint density at radius 3 is 2.81 bits per heavy atom. The molecule has 0 saturated heterocycles. The Hall–Kier alpha value is 0.130. The summed E-state index contributed by atoms with van der Waals surface area (Å²) in [7, 11) is 0. The zero-order chi connectivity index (χ0) is 15.0. The molecule has 0 spiro atoms. The molecule has 0 unspecified atom stereocenters. The molecule has 1 aliphatic rings. The molecule has 5 heteroatoms. The Labute approximate surface area is 149 Å². The molecule has 3 atom stereocenters. The SMILES string of the molecule is CCCCC[C@@H](O)/C=C/[C@@H]1CCC[C@](O)(CC(=O)[O-])C1.[Na+]. The van der Waals surface area contributed by atoms with Crippen LogP contribution in [0.3, 0.4) is 0 Å². The molecule has 0 aromatic rings. The van der Waals surface area contributed by atoms with Crippen molar-refractivity contribution < 1.29 is 49.7 Å². The number of carbonyl (C=O) groups excluding carboxylic acids is 1. The number of carbonyl (C=O) groups is 1. The van der Waals surface area contributed by atoms with E-state index in [1.54, 1.807) is 6.08 Å². The second kappa shape index (κ2) is 10.8. The van der Waals surface area contributed by atoms with Crippen LogP contribution in [0.15, 0.2) is 12.2 Å². The maximum atomic E-state index is 10.7. The van der Waals surface area contributed by atoms with Gasteiger partial charge in [0.25, 0.3) is 0 Å². The first-order chi connectivity index (χ1) is 9.45. The van der Waals surface area contributed by atoms with E-state index in [4.69, 9.17) is 0 Å². The van der Waals surface area contributed by atoms with Crippen LogP contribution >= 0.6 is 0 Å². The van der Waals surface area contributed by atoms with E-state index in [0.717, 1.165) is 38.5 Å². The first-order valence-corrected chi connectivity index (χ1v) is 7.74. The van der Waals surface area contributed by atoms with Gasteiger partial charge in [0.15, 0.2) is 0 Å². The first-order valence-electron chi connectivity index (χ1n) is 7.74. The van der Waals surface area contributed by atoms with Crippen LogP contribution in [0.5, 0.6) is 0 Å². The summed E-state index contributed by atoms with van der Waals surface area (Å²) in [6.07, 6.45) is 9.76. The van der Waals surface area contributed by atoms with Crippen molar-refractivity contribution in [3.05, 3.63) is 12.2 Å². The van der Waals surface area contributed by atoms with Crippen LogP contribution in [0.1, 0.15) is 64.7 Å². The summed E-state index contributed by atoms with van der Waals surface area (Å²) in [5, 5.41) is 30.7. The summed E-state index contributed by atoms with van der Waals surface area (Å²) < 4.78 is 0. The molecule has 1 fully saturated rings. The molecule has 1 aliphatic carbocycles. The normalized spacial score (nSPS) is 27.3. The van der Waals surface area contributed by atoms with Crippen LogP contribution < -0.4 is 34.7 Å². The van der Waals surface area contributed by atoms with E-state index in [2.05, 4.69) is 6.92 Å². The molecule has 0 amide bonds. The molecule has 0 heterocycles. The van der Waals surface area contributed by atoms with E-state index in [9.17, 15) is 20.1 Å². The zero-order valence-corrected chi connectivity index (χ0v) is 15.4. The molecule has 116 valence electrons. The van der Waals surface area contributed by atoms with Crippen molar-refractivity contribution in [3.63, 3.8) is 0 Å². The second-order valence-corrected chi connectivity index (χ2v) is 6.08. The predicted octanol–water partition coefficient (Wildman–Crippen LogP) is -1.45. The van der Waals surface area contributed by atoms with Crippen molar-refractivity contribution in [2.45, 2.75) is 76.4 Å². The molecule has 0 bridgehead atoms. The van der Waals surface area contributed by atoms with Gasteiger partial charge in [-0.05, 0) is 38.0 Å². The number of aliphatic carboxylic acids is 1. The first kappa shape index (κ1) is 21.1. The second-order valence-electron chi connectivity index (χ2n) is 6.08. The third kappa shape index (κ3) is 8.99. The van der Waals surface area contributed by atoms with Crippen LogP contribution in [0, 0.1) is 5.92 Å². The molecule has 1 saturated carbocycles. The van der Waals surface area contributed by atoms with Gasteiger partial charge in [0.1, 0.15) is 0 Å². The maximum absolute atomic E-state index is 10.7. The van der Waals surface area contributed by atoms with Gasteiger partial charge in [0.2, 0.25) is 0 Å². The number of hydrogen-bond acceptors (Lipinski definition) is 4. The predicted molar refractivity (Wildman–Crippen MR) is 75.8 cm³/mol. The zero-order valence-electron chi connectivity index (χ0n) is 13.4. The number of carboxylic acid groups (broad SMARTS) is 1. The summed E-state index contributed by atoms with van der Waals surface area (Å²) in [6, 6.07) is 0. The summed E-state index contributed by atoms with van der Waals surface area (Å²) >= 11 is 0. The quantitative estimate of drug-likeness (QED) is 0.327. The van der Waals surface area contributed by atoms with E-state index < -0.39 is 17.7 Å². The van der Waals surface area contributed by atoms with Crippen molar-refractivity contribution in [1.82, 2.24) is 0 Å².